The molecule has 1 amide bonds. The van der Waals surface area contributed by atoms with Crippen LogP contribution in [0.15, 0.2) is 6.20 Å². The van der Waals surface area contributed by atoms with Crippen molar-refractivity contribution in [2.45, 2.75) is 50.9 Å². The molecule has 0 bridgehead atoms. The average Bonchev–Trinajstić information content (AvgIpc) is 2.80. The molecule has 2 unspecified atom stereocenters. The first-order chi connectivity index (χ1) is 8.69. The van der Waals surface area contributed by atoms with Gasteiger partial charge in [-0.05, 0) is 12.8 Å². The number of amides is 1. The Morgan fingerprint density at radius 3 is 3.00 bits per heavy atom. The molecule has 2 atom stereocenters. The molecular formula is C11H19N5O2. The third-order valence-corrected chi connectivity index (χ3v) is 3.18. The van der Waals surface area contributed by atoms with Crippen molar-refractivity contribution in [1.29, 1.82) is 0 Å². The summed E-state index contributed by atoms with van der Waals surface area (Å²) in [5.74, 6) is -0.158. The van der Waals surface area contributed by atoms with E-state index < -0.39 is 6.10 Å². The molecule has 18 heavy (non-hydrogen) atoms. The summed E-state index contributed by atoms with van der Waals surface area (Å²) in [5.41, 5.74) is 6.07. The molecule has 0 radical (unpaired) electrons. The summed E-state index contributed by atoms with van der Waals surface area (Å²) in [6.07, 6.45) is 4.87. The van der Waals surface area contributed by atoms with Gasteiger partial charge >= 0.3 is 0 Å². The first-order valence-electron chi connectivity index (χ1n) is 6.25. The van der Waals surface area contributed by atoms with E-state index in [9.17, 15) is 9.90 Å². The van der Waals surface area contributed by atoms with Crippen molar-refractivity contribution >= 4 is 5.91 Å². The highest BCUT2D eigenvalue weighted by molar-refractivity contribution is 5.76. The molecule has 1 aromatic heterocycles. The molecule has 7 nitrogen and oxygen atoms in total. The van der Waals surface area contributed by atoms with Crippen molar-refractivity contribution in [2.75, 3.05) is 0 Å². The lowest BCUT2D eigenvalue weighted by Gasteiger charge is -2.28. The smallest absolute Gasteiger partial charge is 0.242 e. The minimum atomic E-state index is -0.432. The van der Waals surface area contributed by atoms with E-state index in [1.807, 2.05) is 0 Å². The lowest BCUT2D eigenvalue weighted by atomic mass is 9.92. The number of hydrogen-bond acceptors (Lipinski definition) is 5. The summed E-state index contributed by atoms with van der Waals surface area (Å²) in [7, 11) is 0. The normalized spacial score (nSPS) is 23.9. The van der Waals surface area contributed by atoms with Crippen LogP contribution in [0.2, 0.25) is 0 Å². The second-order valence-corrected chi connectivity index (χ2v) is 4.64. The molecule has 1 heterocycles. The van der Waals surface area contributed by atoms with E-state index in [1.54, 1.807) is 6.20 Å². The number of hydrogen-bond donors (Lipinski definition) is 3. The number of nitrogens with one attached hydrogen (secondary N) is 1. The van der Waals surface area contributed by atoms with Crippen molar-refractivity contribution in [3.63, 3.8) is 0 Å². The molecule has 100 valence electrons. The minimum absolute atomic E-state index is 0.107. The topological polar surface area (TPSA) is 106 Å². The minimum Gasteiger partial charge on any atom is -0.391 e. The molecular weight excluding hydrogens is 234 g/mol. The van der Waals surface area contributed by atoms with Crippen LogP contribution in [-0.2, 0) is 17.9 Å². The van der Waals surface area contributed by atoms with Crippen molar-refractivity contribution in [2.24, 2.45) is 5.73 Å². The highest BCUT2D eigenvalue weighted by atomic mass is 16.3. The van der Waals surface area contributed by atoms with E-state index in [2.05, 4.69) is 15.6 Å². The number of carbonyl (C=O) groups is 1. The van der Waals surface area contributed by atoms with Gasteiger partial charge < -0.3 is 16.2 Å². The van der Waals surface area contributed by atoms with Gasteiger partial charge in [0.05, 0.1) is 24.0 Å². The van der Waals surface area contributed by atoms with Gasteiger partial charge in [0.15, 0.2) is 0 Å². The first kappa shape index (κ1) is 13.0. The van der Waals surface area contributed by atoms with E-state index in [-0.39, 0.29) is 18.5 Å². The molecule has 1 aliphatic rings. The second-order valence-electron chi connectivity index (χ2n) is 4.64. The molecule has 0 saturated heterocycles. The predicted octanol–water partition coefficient (Wildman–Crippen LogP) is -0.843. The van der Waals surface area contributed by atoms with E-state index in [1.165, 1.54) is 4.68 Å². The van der Waals surface area contributed by atoms with Crippen LogP contribution >= 0.6 is 0 Å². The first-order valence-corrected chi connectivity index (χ1v) is 6.25. The third-order valence-electron chi connectivity index (χ3n) is 3.18. The number of nitrogens with two attached hydrogens (primary N) is 1. The summed E-state index contributed by atoms with van der Waals surface area (Å²) < 4.78 is 1.45. The zero-order valence-corrected chi connectivity index (χ0v) is 10.2. The van der Waals surface area contributed by atoms with E-state index in [4.69, 9.17) is 5.73 Å². The van der Waals surface area contributed by atoms with E-state index >= 15 is 0 Å². The van der Waals surface area contributed by atoms with Gasteiger partial charge in [-0.2, -0.15) is 0 Å². The van der Waals surface area contributed by atoms with Gasteiger partial charge in [-0.15, -0.1) is 5.10 Å². The number of aliphatic hydroxyl groups is 1. The molecule has 7 heteroatoms. The van der Waals surface area contributed by atoms with Crippen LogP contribution in [-0.4, -0.2) is 38.2 Å². The van der Waals surface area contributed by atoms with E-state index in [0.717, 1.165) is 25.7 Å². The van der Waals surface area contributed by atoms with Crippen LogP contribution in [0.3, 0.4) is 0 Å². The summed E-state index contributed by atoms with van der Waals surface area (Å²) in [6, 6.07) is -0.135. The van der Waals surface area contributed by atoms with Gasteiger partial charge in [0.1, 0.15) is 6.54 Å². The summed E-state index contributed by atoms with van der Waals surface area (Å²) in [4.78, 5) is 11.8. The third kappa shape index (κ3) is 3.27. The Kier molecular flexibility index (Phi) is 4.27. The van der Waals surface area contributed by atoms with Crippen LogP contribution in [0, 0.1) is 0 Å². The van der Waals surface area contributed by atoms with Crippen LogP contribution in [0.4, 0.5) is 0 Å². The van der Waals surface area contributed by atoms with Gasteiger partial charge in [0.2, 0.25) is 5.91 Å². The lowest BCUT2D eigenvalue weighted by Crippen LogP contribution is -2.46. The van der Waals surface area contributed by atoms with Crippen LogP contribution < -0.4 is 11.1 Å². The Labute approximate surface area is 105 Å². The molecule has 4 N–H and O–H groups in total. The fourth-order valence-corrected chi connectivity index (χ4v) is 2.19. The number of nitrogens with zero attached hydrogens (tertiary/aromatic N) is 3. The van der Waals surface area contributed by atoms with Gasteiger partial charge in [-0.25, -0.2) is 4.68 Å². The summed E-state index contributed by atoms with van der Waals surface area (Å²) in [6.45, 7) is 0.416. The molecule has 1 aromatic rings. The number of carbonyl (C=O) groups excluding carboxylic acids is 1. The molecule has 0 aromatic carbocycles. The molecule has 1 aliphatic carbocycles. The monoisotopic (exact) mass is 253 g/mol. The zero-order valence-electron chi connectivity index (χ0n) is 10.2. The maximum Gasteiger partial charge on any atom is 0.242 e. The molecule has 1 saturated carbocycles. The van der Waals surface area contributed by atoms with Crippen LogP contribution in [0.25, 0.3) is 0 Å². The van der Waals surface area contributed by atoms with Gasteiger partial charge in [-0.1, -0.05) is 18.1 Å². The Hall–Kier alpha value is -1.47. The lowest BCUT2D eigenvalue weighted by molar-refractivity contribution is -0.123. The number of aliphatic hydroxyl groups excluding tert-OH is 1. The maximum atomic E-state index is 11.8. The van der Waals surface area contributed by atoms with E-state index in [0.29, 0.717) is 12.2 Å². The second kappa shape index (κ2) is 5.92. The highest BCUT2D eigenvalue weighted by Gasteiger charge is 2.24. The van der Waals surface area contributed by atoms with Crippen molar-refractivity contribution in [3.05, 3.63) is 11.9 Å². The highest BCUT2D eigenvalue weighted by Crippen LogP contribution is 2.18. The molecule has 2 rings (SSSR count). The van der Waals surface area contributed by atoms with Crippen molar-refractivity contribution in [1.82, 2.24) is 20.3 Å². The Balaban J connectivity index is 1.84. The summed E-state index contributed by atoms with van der Waals surface area (Å²) >= 11 is 0. The van der Waals surface area contributed by atoms with Crippen molar-refractivity contribution < 1.29 is 9.90 Å². The Bertz CT molecular complexity index is 406. The van der Waals surface area contributed by atoms with Gasteiger partial charge in [0, 0.05) is 6.54 Å². The molecule has 0 aliphatic heterocycles. The molecule has 1 fully saturated rings. The Morgan fingerprint density at radius 1 is 1.56 bits per heavy atom. The number of rotatable bonds is 4. The average molecular weight is 253 g/mol. The zero-order chi connectivity index (χ0) is 13.0. The summed E-state index contributed by atoms with van der Waals surface area (Å²) in [5, 5.41) is 20.2. The predicted molar refractivity (Wildman–Crippen MR) is 64.3 cm³/mol. The van der Waals surface area contributed by atoms with Crippen molar-refractivity contribution in [3.8, 4) is 0 Å². The number of aromatic nitrogens is 3. The largest absolute Gasteiger partial charge is 0.391 e. The maximum absolute atomic E-state index is 11.8. The Morgan fingerprint density at radius 2 is 2.33 bits per heavy atom. The molecule has 0 spiro atoms. The SMILES string of the molecule is NCc1cn(CC(=O)NC2CCCCC2O)nn1. The van der Waals surface area contributed by atoms with Gasteiger partial charge in [-0.3, -0.25) is 4.79 Å². The van der Waals surface area contributed by atoms with Gasteiger partial charge in [0.25, 0.3) is 0 Å². The van der Waals surface area contributed by atoms with Crippen LogP contribution in [0.5, 0.6) is 0 Å². The van der Waals surface area contributed by atoms with Crippen LogP contribution in [0.1, 0.15) is 31.4 Å². The fourth-order valence-electron chi connectivity index (χ4n) is 2.19. The quantitative estimate of drug-likeness (QED) is 0.648. The fraction of sp³-hybridized carbons (Fsp3) is 0.727. The standard InChI is InChI=1S/C11H19N5O2/c12-5-8-6-16(15-14-8)7-11(18)13-9-3-1-2-4-10(9)17/h6,9-10,17H,1-5,7,12H2,(H,13,18).